The Morgan fingerprint density at radius 1 is 0.957 bits per heavy atom. The molecule has 0 aliphatic carbocycles. The first-order valence-electron chi connectivity index (χ1n) is 7.26. The van der Waals surface area contributed by atoms with E-state index in [0.29, 0.717) is 29.4 Å². The highest BCUT2D eigenvalue weighted by atomic mass is 16.5. The smallest absolute Gasteiger partial charge is 0.239 e. The van der Waals surface area contributed by atoms with E-state index < -0.39 is 0 Å². The van der Waals surface area contributed by atoms with E-state index in [1.165, 1.54) is 0 Å². The third-order valence-electron chi connectivity index (χ3n) is 3.31. The molecule has 0 spiro atoms. The van der Waals surface area contributed by atoms with Crippen molar-refractivity contribution in [3.63, 3.8) is 0 Å². The highest BCUT2D eigenvalue weighted by Crippen LogP contribution is 2.27. The van der Waals surface area contributed by atoms with Crippen LogP contribution < -0.4 is 10.1 Å². The molecule has 0 saturated carbocycles. The topological polar surface area (TPSA) is 57.9 Å². The molecule has 0 unspecified atom stereocenters. The van der Waals surface area contributed by atoms with Crippen LogP contribution in [-0.2, 0) is 6.54 Å². The van der Waals surface area contributed by atoms with Crippen molar-refractivity contribution in [2.45, 2.75) is 6.54 Å². The van der Waals surface area contributed by atoms with Crippen LogP contribution in [0, 0.1) is 11.3 Å². The first-order chi connectivity index (χ1) is 11.4. The van der Waals surface area contributed by atoms with Crippen LogP contribution in [0.4, 0.5) is 5.69 Å². The van der Waals surface area contributed by atoms with Crippen molar-refractivity contribution >= 4 is 5.69 Å². The minimum Gasteiger partial charge on any atom is -0.438 e. The Balaban J connectivity index is 1.81. The summed E-state index contributed by atoms with van der Waals surface area (Å²) in [4.78, 5) is 4.18. The molecule has 112 valence electrons. The first-order valence-corrected chi connectivity index (χ1v) is 7.26. The normalized spacial score (nSPS) is 9.87. The molecule has 0 atom stereocenters. The van der Waals surface area contributed by atoms with Crippen molar-refractivity contribution in [3.05, 3.63) is 84.1 Å². The average Bonchev–Trinajstić information content (AvgIpc) is 2.62. The monoisotopic (exact) mass is 301 g/mol. The predicted octanol–water partition coefficient (Wildman–Crippen LogP) is 4.36. The van der Waals surface area contributed by atoms with Crippen LogP contribution in [0.3, 0.4) is 0 Å². The van der Waals surface area contributed by atoms with Crippen LogP contribution in [0.2, 0.25) is 0 Å². The Bertz CT molecular complexity index is 811. The molecular weight excluding hydrogens is 286 g/mol. The lowest BCUT2D eigenvalue weighted by Gasteiger charge is -2.11. The number of nitrogens with zero attached hydrogens (tertiary/aromatic N) is 2. The predicted molar refractivity (Wildman–Crippen MR) is 89.2 cm³/mol. The first kappa shape index (κ1) is 14.6. The van der Waals surface area contributed by atoms with E-state index in [-0.39, 0.29) is 0 Å². The highest BCUT2D eigenvalue weighted by molar-refractivity contribution is 5.61. The van der Waals surface area contributed by atoms with Crippen LogP contribution in [0.1, 0.15) is 11.1 Å². The lowest BCUT2D eigenvalue weighted by atomic mass is 10.2. The second-order valence-corrected chi connectivity index (χ2v) is 4.90. The van der Waals surface area contributed by atoms with Gasteiger partial charge in [-0.15, -0.1) is 0 Å². The Morgan fingerprint density at radius 2 is 1.65 bits per heavy atom. The van der Waals surface area contributed by atoms with Crippen molar-refractivity contribution in [2.24, 2.45) is 0 Å². The van der Waals surface area contributed by atoms with Gasteiger partial charge in [0.15, 0.2) is 0 Å². The molecule has 3 rings (SSSR count). The van der Waals surface area contributed by atoms with Gasteiger partial charge in [-0.3, -0.25) is 0 Å². The number of ether oxygens (including phenoxy) is 1. The van der Waals surface area contributed by atoms with Gasteiger partial charge in [0.2, 0.25) is 5.88 Å². The minimum absolute atomic E-state index is 0.303. The van der Waals surface area contributed by atoms with Crippen molar-refractivity contribution < 1.29 is 4.74 Å². The maximum Gasteiger partial charge on any atom is 0.239 e. The zero-order valence-corrected chi connectivity index (χ0v) is 12.4. The van der Waals surface area contributed by atoms with Crippen LogP contribution >= 0.6 is 0 Å². The van der Waals surface area contributed by atoms with Gasteiger partial charge in [0, 0.05) is 12.7 Å². The van der Waals surface area contributed by atoms with Gasteiger partial charge in [-0.05, 0) is 23.8 Å². The fourth-order valence-electron chi connectivity index (χ4n) is 2.17. The van der Waals surface area contributed by atoms with Crippen molar-refractivity contribution in [1.29, 1.82) is 5.26 Å². The average molecular weight is 301 g/mol. The molecule has 3 aromatic rings. The van der Waals surface area contributed by atoms with E-state index in [0.717, 1.165) is 5.56 Å². The molecule has 4 heteroatoms. The fourth-order valence-corrected chi connectivity index (χ4v) is 2.17. The van der Waals surface area contributed by atoms with Gasteiger partial charge >= 0.3 is 0 Å². The van der Waals surface area contributed by atoms with E-state index in [4.69, 9.17) is 4.74 Å². The quantitative estimate of drug-likeness (QED) is 0.760. The van der Waals surface area contributed by atoms with Crippen LogP contribution in [0.5, 0.6) is 11.6 Å². The molecule has 23 heavy (non-hydrogen) atoms. The van der Waals surface area contributed by atoms with E-state index in [2.05, 4.69) is 16.4 Å². The van der Waals surface area contributed by atoms with Crippen molar-refractivity contribution in [3.8, 4) is 17.7 Å². The maximum absolute atomic E-state index is 9.46. The maximum atomic E-state index is 9.46. The van der Waals surface area contributed by atoms with Gasteiger partial charge in [-0.2, -0.15) is 5.26 Å². The Morgan fingerprint density at radius 3 is 2.35 bits per heavy atom. The van der Waals surface area contributed by atoms with E-state index in [1.807, 2.05) is 60.7 Å². The molecule has 0 aliphatic rings. The molecule has 2 aromatic carbocycles. The molecule has 1 N–H and O–H groups in total. The number of nitrogens with one attached hydrogen (secondary N) is 1. The Hall–Kier alpha value is -3.32. The molecular formula is C19H15N3O. The number of rotatable bonds is 5. The van der Waals surface area contributed by atoms with E-state index in [9.17, 15) is 5.26 Å². The summed E-state index contributed by atoms with van der Waals surface area (Å²) >= 11 is 0. The van der Waals surface area contributed by atoms with E-state index in [1.54, 1.807) is 12.3 Å². The number of nitriles is 1. The number of hydrogen-bond acceptors (Lipinski definition) is 4. The fraction of sp³-hybridized carbons (Fsp3) is 0.0526. The zero-order valence-electron chi connectivity index (χ0n) is 12.4. The van der Waals surface area contributed by atoms with Gasteiger partial charge in [0.25, 0.3) is 0 Å². The number of hydrogen-bond donors (Lipinski definition) is 1. The molecule has 4 nitrogen and oxygen atoms in total. The highest BCUT2D eigenvalue weighted by Gasteiger charge is 2.11. The van der Waals surface area contributed by atoms with Gasteiger partial charge < -0.3 is 10.1 Å². The lowest BCUT2D eigenvalue weighted by Crippen LogP contribution is -2.03. The van der Waals surface area contributed by atoms with Crippen LogP contribution in [-0.4, -0.2) is 4.98 Å². The van der Waals surface area contributed by atoms with E-state index >= 15 is 0 Å². The summed E-state index contributed by atoms with van der Waals surface area (Å²) in [7, 11) is 0. The summed E-state index contributed by atoms with van der Waals surface area (Å²) in [5, 5.41) is 12.7. The van der Waals surface area contributed by atoms with Crippen molar-refractivity contribution in [2.75, 3.05) is 5.32 Å². The number of benzene rings is 2. The van der Waals surface area contributed by atoms with Crippen molar-refractivity contribution in [1.82, 2.24) is 4.98 Å². The second-order valence-electron chi connectivity index (χ2n) is 4.90. The summed E-state index contributed by atoms with van der Waals surface area (Å²) in [5.41, 5.74) is 2.24. The number of pyridine rings is 1. The molecule has 0 amide bonds. The zero-order chi connectivity index (χ0) is 15.9. The summed E-state index contributed by atoms with van der Waals surface area (Å²) in [6.45, 7) is 0.629. The second kappa shape index (κ2) is 7.10. The summed E-state index contributed by atoms with van der Waals surface area (Å²) in [6.07, 6.45) is 1.63. The summed E-state index contributed by atoms with van der Waals surface area (Å²) < 4.78 is 5.72. The van der Waals surface area contributed by atoms with Gasteiger partial charge in [-0.1, -0.05) is 48.5 Å². The molecule has 0 fully saturated rings. The molecule has 0 bridgehead atoms. The molecule has 1 heterocycles. The largest absolute Gasteiger partial charge is 0.438 e. The summed E-state index contributed by atoms with van der Waals surface area (Å²) in [6, 6.07) is 23.3. The minimum atomic E-state index is 0.303. The lowest BCUT2D eigenvalue weighted by molar-refractivity contribution is 0.461. The molecule has 0 saturated heterocycles. The third kappa shape index (κ3) is 3.66. The summed E-state index contributed by atoms with van der Waals surface area (Å²) in [5.74, 6) is 0.952. The van der Waals surface area contributed by atoms with Gasteiger partial charge in [0.1, 0.15) is 17.4 Å². The Kier molecular flexibility index (Phi) is 4.51. The number of para-hydroxylation sites is 1. The van der Waals surface area contributed by atoms with Crippen LogP contribution in [0.15, 0.2) is 72.9 Å². The molecule has 0 radical (unpaired) electrons. The number of anilines is 1. The standard InChI is InChI=1S/C19H15N3O/c20-13-17-18(22-14-15-7-3-1-4-8-15)11-12-21-19(17)23-16-9-5-2-6-10-16/h1-12H,14H2,(H,21,22). The molecule has 1 aromatic heterocycles. The Labute approximate surface area is 135 Å². The van der Waals surface area contributed by atoms with Crippen LogP contribution in [0.25, 0.3) is 0 Å². The molecule has 0 aliphatic heterocycles. The van der Waals surface area contributed by atoms with Gasteiger partial charge in [0.05, 0.1) is 5.69 Å². The third-order valence-corrected chi connectivity index (χ3v) is 3.31. The number of aromatic nitrogens is 1. The van der Waals surface area contributed by atoms with Gasteiger partial charge in [-0.25, -0.2) is 4.98 Å². The SMILES string of the molecule is N#Cc1c(NCc2ccccc2)ccnc1Oc1ccccc1.